The molecule has 0 unspecified atom stereocenters. The van der Waals surface area contributed by atoms with E-state index in [9.17, 15) is 0 Å². The van der Waals surface area contributed by atoms with Gasteiger partial charge in [0.05, 0.1) is 54.6 Å². The lowest BCUT2D eigenvalue weighted by Crippen LogP contribution is -2.27. The number of anilines is 12. The van der Waals surface area contributed by atoms with Crippen LogP contribution >= 0.6 is 0 Å². The molecule has 0 amide bonds. The van der Waals surface area contributed by atoms with E-state index in [1.807, 2.05) is 0 Å². The molecule has 532 valence electrons. The molecule has 8 heteroatoms. The summed E-state index contributed by atoms with van der Waals surface area (Å²) >= 11 is 0. The molecule has 0 heterocycles. The minimum atomic E-state index is -1.00. The summed E-state index contributed by atoms with van der Waals surface area (Å²) < 4.78 is 22.6. The fourth-order valence-electron chi connectivity index (χ4n) is 17.2. The molecule has 0 saturated heterocycles. The molecule has 0 radical (unpaired) electrons. The van der Waals surface area contributed by atoms with Gasteiger partial charge in [-0.15, -0.1) is 0 Å². The molecule has 1 spiro atoms. The Kier molecular flexibility index (Phi) is 18.7. The molecular weight excluding hydrogens is 1330 g/mol. The predicted molar refractivity (Wildman–Crippen MR) is 454 cm³/mol. The Labute approximate surface area is 638 Å². The Balaban J connectivity index is 0.958. The molecule has 0 atom stereocenters. The van der Waals surface area contributed by atoms with Crippen LogP contribution < -0.4 is 19.6 Å². The van der Waals surface area contributed by atoms with Gasteiger partial charge >= 0.3 is 0 Å². The van der Waals surface area contributed by atoms with E-state index >= 15 is 0 Å². The smallest absolute Gasteiger partial charge is 0.0728 e. The molecule has 0 fully saturated rings. The van der Waals surface area contributed by atoms with E-state index in [0.29, 0.717) is 26.4 Å². The van der Waals surface area contributed by atoms with Crippen molar-refractivity contribution in [3.8, 4) is 22.3 Å². The van der Waals surface area contributed by atoms with Gasteiger partial charge in [-0.05, 0) is 235 Å². The van der Waals surface area contributed by atoms with Crippen molar-refractivity contribution in [3.05, 3.63) is 384 Å². The Morgan fingerprint density at radius 2 is 0.413 bits per heavy atom. The molecule has 0 N–H and O–H groups in total. The fraction of sp³-hybridized carbons (Fsp3) is 0.129. The number of nitrogens with zero attached hydrogens (tertiary/aromatic N) is 4. The second-order valence-electron chi connectivity index (χ2n) is 28.6. The summed E-state index contributed by atoms with van der Waals surface area (Å²) in [5.74, 6) is 0. The summed E-state index contributed by atoms with van der Waals surface area (Å²) in [6.45, 7) is 2.54. The first-order chi connectivity index (χ1) is 53.9. The Bertz CT molecular complexity index is 5270. The SMILES string of the molecule is COCCc1ccc(N(c2ccc3c(c2)C2(c4cc(N(c5ccc(CCOC)cc5)c5cccc6ccccc56)ccc4-3)c3cc(N(c4ccc(CCOC)cc4)c4cccc5ccccc45)ccc3-c3ccc(N(c4ccc(CCOC)cc4)c4cccc5ccccc45)cc32)c2cccc3ccccc23)cc1. The van der Waals surface area contributed by atoms with Crippen LogP contribution in [0.25, 0.3) is 65.3 Å². The van der Waals surface area contributed by atoms with Crippen molar-refractivity contribution in [3.63, 3.8) is 0 Å². The Morgan fingerprint density at radius 1 is 0.211 bits per heavy atom. The lowest BCUT2D eigenvalue weighted by atomic mass is 9.70. The first-order valence-corrected chi connectivity index (χ1v) is 37.9. The third-order valence-corrected chi connectivity index (χ3v) is 22.4. The van der Waals surface area contributed by atoms with E-state index in [2.05, 4.69) is 359 Å². The average Bonchev–Trinajstić information content (AvgIpc) is 1.43. The molecule has 0 saturated carbocycles. The number of hydrogen-bond donors (Lipinski definition) is 0. The third-order valence-electron chi connectivity index (χ3n) is 22.4. The van der Waals surface area contributed by atoms with Crippen LogP contribution in [0.1, 0.15) is 44.5 Å². The minimum absolute atomic E-state index is 0.635. The van der Waals surface area contributed by atoms with E-state index in [1.54, 1.807) is 28.4 Å². The van der Waals surface area contributed by atoms with E-state index in [-0.39, 0.29) is 0 Å². The van der Waals surface area contributed by atoms with Crippen molar-refractivity contribution in [2.45, 2.75) is 31.1 Å². The van der Waals surface area contributed by atoms with Gasteiger partial charge in [0, 0.05) is 95.5 Å². The highest BCUT2D eigenvalue weighted by Gasteiger charge is 2.53. The predicted octanol–water partition coefficient (Wildman–Crippen LogP) is 25.3. The standard InChI is InChI=1S/C101H84N4O4/c1-106-61-57-69-33-41-77(42-34-69)102(97-29-13-21-73-17-5-9-25-85(73)97)81-49-53-89-90-54-50-82(103(78-43-35-70(36-44-78)58-62-107-2)98-30-14-22-74-18-6-10-26-86(74)98)66-94(90)101(93(89)65-81)95-67-83(104(79-45-37-71(38-46-79)59-63-108-3)99-31-15-23-75-19-7-11-27-87(75)99)51-55-91(95)92-56-52-84(68-96(92)101)105(80-47-39-72(40-48-80)60-64-109-4)100-32-16-24-76-20-8-12-28-88(76)100/h5-56,65-68H,57-64H2,1-4H3. The van der Waals surface area contributed by atoms with Crippen molar-refractivity contribution in [1.82, 2.24) is 0 Å². The maximum atomic E-state index is 5.64. The topological polar surface area (TPSA) is 49.9 Å². The fourth-order valence-corrected chi connectivity index (χ4v) is 17.2. The van der Waals surface area contributed by atoms with Gasteiger partial charge in [0.2, 0.25) is 0 Å². The largest absolute Gasteiger partial charge is 0.384 e. The van der Waals surface area contributed by atoms with Crippen LogP contribution in [-0.4, -0.2) is 54.9 Å². The zero-order chi connectivity index (χ0) is 73.4. The van der Waals surface area contributed by atoms with Gasteiger partial charge in [0.25, 0.3) is 0 Å². The zero-order valence-corrected chi connectivity index (χ0v) is 61.9. The molecule has 0 bridgehead atoms. The first kappa shape index (κ1) is 68.4. The van der Waals surface area contributed by atoms with Crippen molar-refractivity contribution < 1.29 is 18.9 Å². The lowest BCUT2D eigenvalue weighted by molar-refractivity contribution is 0.202. The monoisotopic (exact) mass is 1420 g/mol. The Morgan fingerprint density at radius 3 is 0.633 bits per heavy atom. The number of fused-ring (bicyclic) bond motifs is 14. The summed E-state index contributed by atoms with van der Waals surface area (Å²) in [7, 11) is 7.11. The van der Waals surface area contributed by atoms with Gasteiger partial charge in [-0.25, -0.2) is 0 Å². The number of ether oxygens (including phenoxy) is 4. The Hall–Kier alpha value is -12.4. The third kappa shape index (κ3) is 12.4. The van der Waals surface area contributed by atoms with Crippen LogP contribution in [0, 0.1) is 0 Å². The van der Waals surface area contributed by atoms with Gasteiger partial charge in [0.1, 0.15) is 0 Å². The van der Waals surface area contributed by atoms with Crippen LogP contribution in [0.5, 0.6) is 0 Å². The molecule has 16 aromatic carbocycles. The van der Waals surface area contributed by atoms with E-state index in [1.165, 1.54) is 88.3 Å². The second-order valence-corrected chi connectivity index (χ2v) is 28.6. The van der Waals surface area contributed by atoms with Gasteiger partial charge in [-0.2, -0.15) is 0 Å². The van der Waals surface area contributed by atoms with Crippen LogP contribution in [0.4, 0.5) is 68.2 Å². The van der Waals surface area contributed by atoms with Crippen molar-refractivity contribution in [2.75, 3.05) is 74.5 Å². The van der Waals surface area contributed by atoms with Crippen LogP contribution in [-0.2, 0) is 50.0 Å². The summed E-state index contributed by atoms with van der Waals surface area (Å²) in [4.78, 5) is 9.96. The minimum Gasteiger partial charge on any atom is -0.384 e. The maximum Gasteiger partial charge on any atom is 0.0728 e. The van der Waals surface area contributed by atoms with E-state index < -0.39 is 5.41 Å². The molecule has 2 aliphatic rings. The molecule has 16 aromatic rings. The van der Waals surface area contributed by atoms with Crippen LogP contribution in [0.3, 0.4) is 0 Å². The number of methoxy groups -OCH3 is 4. The highest BCUT2D eigenvalue weighted by atomic mass is 16.5. The maximum absolute atomic E-state index is 5.64. The molecule has 8 nitrogen and oxygen atoms in total. The molecular formula is C101H84N4O4. The van der Waals surface area contributed by atoms with Gasteiger partial charge < -0.3 is 38.5 Å². The van der Waals surface area contributed by atoms with Crippen LogP contribution in [0.15, 0.2) is 340 Å². The molecule has 109 heavy (non-hydrogen) atoms. The van der Waals surface area contributed by atoms with Crippen molar-refractivity contribution in [2.24, 2.45) is 0 Å². The first-order valence-electron chi connectivity index (χ1n) is 37.9. The molecule has 0 aliphatic heterocycles. The van der Waals surface area contributed by atoms with Crippen LogP contribution in [0.2, 0.25) is 0 Å². The summed E-state index contributed by atoms with van der Waals surface area (Å²) in [5.41, 5.74) is 26.0. The van der Waals surface area contributed by atoms with Crippen molar-refractivity contribution >= 4 is 111 Å². The second kappa shape index (κ2) is 29.7. The number of benzene rings is 16. The van der Waals surface area contributed by atoms with Crippen molar-refractivity contribution in [1.29, 1.82) is 0 Å². The highest BCUT2D eigenvalue weighted by molar-refractivity contribution is 6.06. The lowest BCUT2D eigenvalue weighted by Gasteiger charge is -2.35. The zero-order valence-electron chi connectivity index (χ0n) is 61.9. The van der Waals surface area contributed by atoms with E-state index in [0.717, 1.165) is 115 Å². The number of rotatable bonds is 24. The van der Waals surface area contributed by atoms with Gasteiger partial charge in [0.15, 0.2) is 0 Å². The summed E-state index contributed by atoms with van der Waals surface area (Å²) in [6, 6.07) is 128. The average molecular weight is 1420 g/mol. The molecule has 18 rings (SSSR count). The quantitative estimate of drug-likeness (QED) is 0.0593. The summed E-state index contributed by atoms with van der Waals surface area (Å²) in [6.07, 6.45) is 3.23. The molecule has 0 aromatic heterocycles. The normalized spacial score (nSPS) is 12.4. The van der Waals surface area contributed by atoms with Gasteiger partial charge in [-0.1, -0.05) is 218 Å². The van der Waals surface area contributed by atoms with Gasteiger partial charge in [-0.3, -0.25) is 0 Å². The summed E-state index contributed by atoms with van der Waals surface area (Å²) in [5, 5.41) is 9.29. The number of hydrogen-bond acceptors (Lipinski definition) is 8. The van der Waals surface area contributed by atoms with E-state index in [4.69, 9.17) is 18.9 Å². The highest BCUT2D eigenvalue weighted by Crippen LogP contribution is 2.66. The molecule has 2 aliphatic carbocycles.